The first kappa shape index (κ1) is 10.6. The van der Waals surface area contributed by atoms with Gasteiger partial charge < -0.3 is 10.5 Å². The second-order valence-electron chi connectivity index (χ2n) is 3.71. The first-order valence-electron chi connectivity index (χ1n) is 5.11. The van der Waals surface area contributed by atoms with Crippen LogP contribution in [-0.2, 0) is 11.2 Å². The Morgan fingerprint density at radius 2 is 2.47 bits per heavy atom. The quantitative estimate of drug-likeness (QED) is 0.766. The zero-order valence-electron chi connectivity index (χ0n) is 8.44. The molecule has 2 N–H and O–H groups in total. The van der Waals surface area contributed by atoms with Gasteiger partial charge in [-0.15, -0.1) is 11.3 Å². The molecule has 0 aromatic carbocycles. The molecule has 1 fully saturated rings. The van der Waals surface area contributed by atoms with Crippen molar-refractivity contribution in [1.82, 2.24) is 4.98 Å². The van der Waals surface area contributed by atoms with E-state index in [0.717, 1.165) is 11.4 Å². The molecular formula is C10H14N2O2S. The van der Waals surface area contributed by atoms with Crippen LogP contribution >= 0.6 is 11.3 Å². The Bertz CT molecular complexity index is 347. The standard InChI is InChI=1S/C10H14N2O2S/c11-4-3-9-12-8(6-15-9)10(13)14-5-7-1-2-7/h6-7H,1-5,11H2. The average molecular weight is 226 g/mol. The predicted molar refractivity (Wildman–Crippen MR) is 57.9 cm³/mol. The minimum absolute atomic E-state index is 0.304. The number of hydrogen-bond donors (Lipinski definition) is 1. The summed E-state index contributed by atoms with van der Waals surface area (Å²) in [7, 11) is 0. The number of nitrogens with two attached hydrogens (primary N) is 1. The summed E-state index contributed by atoms with van der Waals surface area (Å²) in [5, 5.41) is 2.64. The second kappa shape index (κ2) is 4.72. The molecule has 1 aliphatic rings. The Labute approximate surface area is 92.5 Å². The number of esters is 1. The van der Waals surface area contributed by atoms with E-state index in [1.54, 1.807) is 5.38 Å². The van der Waals surface area contributed by atoms with E-state index in [9.17, 15) is 4.79 Å². The molecule has 0 unspecified atom stereocenters. The van der Waals surface area contributed by atoms with Gasteiger partial charge in [-0.2, -0.15) is 0 Å². The molecule has 0 saturated heterocycles. The van der Waals surface area contributed by atoms with E-state index < -0.39 is 0 Å². The Balaban J connectivity index is 1.86. The maximum Gasteiger partial charge on any atom is 0.357 e. The van der Waals surface area contributed by atoms with Crippen molar-refractivity contribution < 1.29 is 9.53 Å². The van der Waals surface area contributed by atoms with Crippen molar-refractivity contribution in [2.75, 3.05) is 13.2 Å². The van der Waals surface area contributed by atoms with Gasteiger partial charge in [-0.3, -0.25) is 0 Å². The second-order valence-corrected chi connectivity index (χ2v) is 4.65. The Kier molecular flexibility index (Phi) is 3.33. The van der Waals surface area contributed by atoms with Crippen LogP contribution < -0.4 is 5.73 Å². The van der Waals surface area contributed by atoms with Gasteiger partial charge in [0.2, 0.25) is 0 Å². The maximum absolute atomic E-state index is 11.5. The van der Waals surface area contributed by atoms with E-state index in [1.807, 2.05) is 0 Å². The Morgan fingerprint density at radius 3 is 3.13 bits per heavy atom. The third kappa shape index (κ3) is 3.00. The van der Waals surface area contributed by atoms with Gasteiger partial charge in [-0.25, -0.2) is 9.78 Å². The minimum Gasteiger partial charge on any atom is -0.461 e. The van der Waals surface area contributed by atoms with Crippen molar-refractivity contribution in [2.24, 2.45) is 11.7 Å². The van der Waals surface area contributed by atoms with E-state index in [4.69, 9.17) is 10.5 Å². The zero-order valence-corrected chi connectivity index (χ0v) is 9.26. The van der Waals surface area contributed by atoms with Crippen molar-refractivity contribution in [3.8, 4) is 0 Å². The number of aromatic nitrogens is 1. The van der Waals surface area contributed by atoms with Crippen molar-refractivity contribution in [1.29, 1.82) is 0 Å². The van der Waals surface area contributed by atoms with Crippen molar-refractivity contribution in [2.45, 2.75) is 19.3 Å². The van der Waals surface area contributed by atoms with Gasteiger partial charge in [0.05, 0.1) is 11.6 Å². The van der Waals surface area contributed by atoms with Crippen LogP contribution in [0.3, 0.4) is 0 Å². The topological polar surface area (TPSA) is 65.2 Å². The highest BCUT2D eigenvalue weighted by Crippen LogP contribution is 2.29. The molecule has 0 radical (unpaired) electrons. The summed E-state index contributed by atoms with van der Waals surface area (Å²) in [6.45, 7) is 1.10. The fourth-order valence-corrected chi connectivity index (χ4v) is 1.98. The minimum atomic E-state index is -0.304. The first-order valence-corrected chi connectivity index (χ1v) is 5.99. The predicted octanol–water partition coefficient (Wildman–Crippen LogP) is 1.21. The molecule has 0 aliphatic heterocycles. The molecule has 15 heavy (non-hydrogen) atoms. The summed E-state index contributed by atoms with van der Waals surface area (Å²) in [6, 6.07) is 0. The number of rotatable bonds is 5. The summed E-state index contributed by atoms with van der Waals surface area (Å²) in [5.41, 5.74) is 5.82. The molecule has 0 bridgehead atoms. The van der Waals surface area contributed by atoms with Crippen molar-refractivity contribution in [3.05, 3.63) is 16.1 Å². The van der Waals surface area contributed by atoms with E-state index in [0.29, 0.717) is 24.8 Å². The molecule has 2 rings (SSSR count). The van der Waals surface area contributed by atoms with Gasteiger partial charge in [0.15, 0.2) is 5.69 Å². The van der Waals surface area contributed by atoms with E-state index in [1.165, 1.54) is 24.2 Å². The van der Waals surface area contributed by atoms with Crippen LogP contribution in [0.1, 0.15) is 28.3 Å². The maximum atomic E-state index is 11.5. The lowest BCUT2D eigenvalue weighted by molar-refractivity contribution is 0.0480. The number of nitrogens with zero attached hydrogens (tertiary/aromatic N) is 1. The number of carbonyl (C=O) groups excluding carboxylic acids is 1. The molecule has 0 atom stereocenters. The molecule has 1 aromatic rings. The van der Waals surface area contributed by atoms with E-state index in [-0.39, 0.29) is 5.97 Å². The summed E-state index contributed by atoms with van der Waals surface area (Å²) < 4.78 is 5.12. The lowest BCUT2D eigenvalue weighted by Crippen LogP contribution is -2.08. The molecule has 1 saturated carbocycles. The Hall–Kier alpha value is -0.940. The average Bonchev–Trinajstić information content (AvgIpc) is 2.94. The van der Waals surface area contributed by atoms with Crippen LogP contribution in [0.25, 0.3) is 0 Å². The van der Waals surface area contributed by atoms with Crippen LogP contribution in [0.4, 0.5) is 0 Å². The highest BCUT2D eigenvalue weighted by atomic mass is 32.1. The third-order valence-electron chi connectivity index (χ3n) is 2.27. The number of hydrogen-bond acceptors (Lipinski definition) is 5. The summed E-state index contributed by atoms with van der Waals surface area (Å²) in [5.74, 6) is 0.289. The van der Waals surface area contributed by atoms with E-state index in [2.05, 4.69) is 4.98 Å². The molecule has 0 amide bonds. The monoisotopic (exact) mass is 226 g/mol. The molecule has 4 nitrogen and oxygen atoms in total. The summed E-state index contributed by atoms with van der Waals surface area (Å²) in [4.78, 5) is 15.6. The largest absolute Gasteiger partial charge is 0.461 e. The van der Waals surface area contributed by atoms with Gasteiger partial charge in [0.25, 0.3) is 0 Å². The van der Waals surface area contributed by atoms with Gasteiger partial charge >= 0.3 is 5.97 Å². The highest BCUT2D eigenvalue weighted by Gasteiger charge is 2.23. The normalized spacial score (nSPS) is 15.3. The SMILES string of the molecule is NCCc1nc(C(=O)OCC2CC2)cs1. The molecule has 82 valence electrons. The summed E-state index contributed by atoms with van der Waals surface area (Å²) >= 11 is 1.46. The van der Waals surface area contributed by atoms with Crippen molar-refractivity contribution >= 4 is 17.3 Å². The first-order chi connectivity index (χ1) is 7.29. The highest BCUT2D eigenvalue weighted by molar-refractivity contribution is 7.09. The molecule has 1 aromatic heterocycles. The fourth-order valence-electron chi connectivity index (χ4n) is 1.19. The van der Waals surface area contributed by atoms with Gasteiger partial charge in [0.1, 0.15) is 0 Å². The van der Waals surface area contributed by atoms with Crippen LogP contribution in [0.2, 0.25) is 0 Å². The molecule has 5 heteroatoms. The smallest absolute Gasteiger partial charge is 0.357 e. The van der Waals surface area contributed by atoms with Gasteiger partial charge in [0, 0.05) is 11.8 Å². The van der Waals surface area contributed by atoms with Crippen LogP contribution in [0, 0.1) is 5.92 Å². The van der Waals surface area contributed by atoms with Crippen LogP contribution in [0.5, 0.6) is 0 Å². The fraction of sp³-hybridized carbons (Fsp3) is 0.600. The lowest BCUT2D eigenvalue weighted by atomic mass is 10.4. The third-order valence-corrected chi connectivity index (χ3v) is 3.17. The molecule has 0 spiro atoms. The van der Waals surface area contributed by atoms with Crippen LogP contribution in [0.15, 0.2) is 5.38 Å². The van der Waals surface area contributed by atoms with Gasteiger partial charge in [-0.1, -0.05) is 0 Å². The number of thiazole rings is 1. The summed E-state index contributed by atoms with van der Waals surface area (Å²) in [6.07, 6.45) is 3.09. The number of carbonyl (C=O) groups is 1. The Morgan fingerprint density at radius 1 is 1.67 bits per heavy atom. The van der Waals surface area contributed by atoms with Crippen LogP contribution in [-0.4, -0.2) is 24.1 Å². The number of ether oxygens (including phenoxy) is 1. The van der Waals surface area contributed by atoms with E-state index >= 15 is 0 Å². The zero-order chi connectivity index (χ0) is 10.7. The molecule has 1 aliphatic carbocycles. The molecular weight excluding hydrogens is 212 g/mol. The van der Waals surface area contributed by atoms with Gasteiger partial charge in [-0.05, 0) is 25.3 Å². The van der Waals surface area contributed by atoms with Crippen molar-refractivity contribution in [3.63, 3.8) is 0 Å². The lowest BCUT2D eigenvalue weighted by Gasteiger charge is -1.99. The molecule has 1 heterocycles.